The predicted molar refractivity (Wildman–Crippen MR) is 91.0 cm³/mol. The summed E-state index contributed by atoms with van der Waals surface area (Å²) < 4.78 is 2.36. The lowest BCUT2D eigenvalue weighted by Crippen LogP contribution is -2.11. The number of aromatic nitrogens is 2. The molecule has 2 aromatic heterocycles. The summed E-state index contributed by atoms with van der Waals surface area (Å²) in [5.74, 6) is 1.14. The molecule has 0 aliphatic heterocycles. The van der Waals surface area contributed by atoms with E-state index in [0.717, 1.165) is 29.9 Å². The third-order valence-electron chi connectivity index (χ3n) is 3.84. The van der Waals surface area contributed by atoms with Gasteiger partial charge in [-0.3, -0.25) is 0 Å². The van der Waals surface area contributed by atoms with Crippen LogP contribution in [0.4, 0.5) is 5.69 Å². The molecule has 1 unspecified atom stereocenters. The quantitative estimate of drug-likeness (QED) is 0.728. The third-order valence-corrected chi connectivity index (χ3v) is 4.86. The van der Waals surface area contributed by atoms with Gasteiger partial charge in [0.15, 0.2) is 0 Å². The van der Waals surface area contributed by atoms with Gasteiger partial charge in [0.25, 0.3) is 0 Å². The largest absolute Gasteiger partial charge is 0.399 e. The lowest BCUT2D eigenvalue weighted by Gasteiger charge is -2.16. The summed E-state index contributed by atoms with van der Waals surface area (Å²) in [5, 5.41) is 0. The fourth-order valence-electron chi connectivity index (χ4n) is 2.88. The number of rotatable bonds is 4. The molecule has 0 saturated carbocycles. The van der Waals surface area contributed by atoms with Gasteiger partial charge in [-0.2, -0.15) is 0 Å². The molecule has 3 aromatic rings. The average molecular weight is 299 g/mol. The van der Waals surface area contributed by atoms with E-state index in [1.54, 1.807) is 0 Å². The van der Waals surface area contributed by atoms with Crippen LogP contribution in [-0.2, 0) is 12.8 Å². The molecule has 2 N–H and O–H groups in total. The summed E-state index contributed by atoms with van der Waals surface area (Å²) in [7, 11) is 0. The molecule has 3 rings (SSSR count). The lowest BCUT2D eigenvalue weighted by atomic mass is 10.2. The number of fused-ring (bicyclic) bond motifs is 1. The number of nitrogens with two attached hydrogens (primary N) is 1. The Kier molecular flexibility index (Phi) is 3.72. The van der Waals surface area contributed by atoms with Crippen LogP contribution >= 0.6 is 11.3 Å². The fraction of sp³-hybridized carbons (Fsp3) is 0.353. The van der Waals surface area contributed by atoms with Crippen molar-refractivity contribution in [3.8, 4) is 0 Å². The maximum Gasteiger partial charge on any atom is 0.109 e. The topological polar surface area (TPSA) is 43.8 Å². The molecule has 0 amide bonds. The minimum atomic E-state index is 0.395. The standard InChI is InChI=1S/C17H21N3S/c1-4-17-19-15-10-13(18)6-8-16(15)20(17)11(2)9-14-7-5-12(3)21-14/h5-8,10-11H,4,9,18H2,1-3H3. The summed E-state index contributed by atoms with van der Waals surface area (Å²) >= 11 is 1.88. The van der Waals surface area contributed by atoms with Crippen molar-refractivity contribution in [2.75, 3.05) is 5.73 Å². The van der Waals surface area contributed by atoms with E-state index in [1.165, 1.54) is 15.3 Å². The summed E-state index contributed by atoms with van der Waals surface area (Å²) in [5.41, 5.74) is 8.84. The van der Waals surface area contributed by atoms with Crippen molar-refractivity contribution in [2.24, 2.45) is 0 Å². The number of nitrogen functional groups attached to an aromatic ring is 1. The Labute approximate surface area is 129 Å². The summed E-state index contributed by atoms with van der Waals surface area (Å²) in [4.78, 5) is 7.55. The molecule has 2 heterocycles. The molecular weight excluding hydrogens is 278 g/mol. The van der Waals surface area contributed by atoms with Gasteiger partial charge in [-0.15, -0.1) is 11.3 Å². The molecular formula is C17H21N3S. The fourth-order valence-corrected chi connectivity index (χ4v) is 3.89. The van der Waals surface area contributed by atoms with Crippen LogP contribution in [0.2, 0.25) is 0 Å². The molecule has 0 aliphatic carbocycles. The zero-order chi connectivity index (χ0) is 15.0. The highest BCUT2D eigenvalue weighted by Crippen LogP contribution is 2.27. The van der Waals surface area contributed by atoms with Crippen molar-refractivity contribution in [1.29, 1.82) is 0 Å². The van der Waals surface area contributed by atoms with Crippen LogP contribution in [0.15, 0.2) is 30.3 Å². The van der Waals surface area contributed by atoms with Crippen LogP contribution in [0.1, 0.15) is 35.5 Å². The van der Waals surface area contributed by atoms with E-state index < -0.39 is 0 Å². The van der Waals surface area contributed by atoms with Crippen molar-refractivity contribution in [3.63, 3.8) is 0 Å². The zero-order valence-corrected chi connectivity index (χ0v) is 13.6. The summed E-state index contributed by atoms with van der Waals surface area (Å²) in [6.45, 7) is 6.58. The van der Waals surface area contributed by atoms with E-state index in [1.807, 2.05) is 23.5 Å². The molecule has 0 radical (unpaired) electrons. The van der Waals surface area contributed by atoms with Crippen molar-refractivity contribution < 1.29 is 0 Å². The van der Waals surface area contributed by atoms with Gasteiger partial charge in [0.05, 0.1) is 11.0 Å². The van der Waals surface area contributed by atoms with Gasteiger partial charge in [-0.05, 0) is 44.2 Å². The number of nitrogens with zero attached hydrogens (tertiary/aromatic N) is 2. The Hall–Kier alpha value is -1.81. The second-order valence-corrected chi connectivity index (χ2v) is 6.94. The van der Waals surface area contributed by atoms with Gasteiger partial charge in [-0.1, -0.05) is 6.92 Å². The molecule has 0 spiro atoms. The SMILES string of the molecule is CCc1nc2cc(N)ccc2n1C(C)Cc1ccc(C)s1. The molecule has 110 valence electrons. The maximum atomic E-state index is 5.88. The van der Waals surface area contributed by atoms with Gasteiger partial charge in [0.2, 0.25) is 0 Å². The first-order chi connectivity index (χ1) is 10.1. The molecule has 1 aromatic carbocycles. The number of anilines is 1. The van der Waals surface area contributed by atoms with Crippen LogP contribution in [-0.4, -0.2) is 9.55 Å². The first-order valence-corrected chi connectivity index (χ1v) is 8.21. The molecule has 1 atom stereocenters. The Morgan fingerprint density at radius 1 is 1.29 bits per heavy atom. The number of imidazole rings is 1. The van der Waals surface area contributed by atoms with Crippen LogP contribution < -0.4 is 5.73 Å². The first-order valence-electron chi connectivity index (χ1n) is 7.40. The molecule has 0 saturated heterocycles. The van der Waals surface area contributed by atoms with Gasteiger partial charge >= 0.3 is 0 Å². The van der Waals surface area contributed by atoms with E-state index in [-0.39, 0.29) is 0 Å². The van der Waals surface area contributed by atoms with E-state index in [4.69, 9.17) is 10.7 Å². The zero-order valence-electron chi connectivity index (χ0n) is 12.8. The van der Waals surface area contributed by atoms with Crippen LogP contribution in [0.3, 0.4) is 0 Å². The Balaban J connectivity index is 2.01. The van der Waals surface area contributed by atoms with Gasteiger partial charge < -0.3 is 10.3 Å². The highest BCUT2D eigenvalue weighted by atomic mass is 32.1. The van der Waals surface area contributed by atoms with Crippen molar-refractivity contribution >= 4 is 28.1 Å². The number of hydrogen-bond acceptors (Lipinski definition) is 3. The highest BCUT2D eigenvalue weighted by Gasteiger charge is 2.16. The smallest absolute Gasteiger partial charge is 0.109 e. The number of thiophene rings is 1. The minimum Gasteiger partial charge on any atom is -0.399 e. The van der Waals surface area contributed by atoms with E-state index in [9.17, 15) is 0 Å². The van der Waals surface area contributed by atoms with E-state index in [2.05, 4.69) is 43.5 Å². The molecule has 0 fully saturated rings. The maximum absolute atomic E-state index is 5.88. The second-order valence-electron chi connectivity index (χ2n) is 5.57. The molecule has 3 nitrogen and oxygen atoms in total. The van der Waals surface area contributed by atoms with Gasteiger partial charge in [0.1, 0.15) is 5.82 Å². The van der Waals surface area contributed by atoms with Gasteiger partial charge in [0, 0.05) is 34.3 Å². The molecule has 0 bridgehead atoms. The summed E-state index contributed by atoms with van der Waals surface area (Å²) in [6, 6.07) is 10.8. The minimum absolute atomic E-state index is 0.395. The number of benzene rings is 1. The van der Waals surface area contributed by atoms with Crippen molar-refractivity contribution in [1.82, 2.24) is 9.55 Å². The van der Waals surface area contributed by atoms with Gasteiger partial charge in [-0.25, -0.2) is 4.98 Å². The first kappa shape index (κ1) is 14.1. The number of aryl methyl sites for hydroxylation is 2. The molecule has 21 heavy (non-hydrogen) atoms. The number of hydrogen-bond donors (Lipinski definition) is 1. The molecule has 0 aliphatic rings. The highest BCUT2D eigenvalue weighted by molar-refractivity contribution is 7.11. The van der Waals surface area contributed by atoms with Crippen molar-refractivity contribution in [2.45, 2.75) is 39.7 Å². The third kappa shape index (κ3) is 2.68. The lowest BCUT2D eigenvalue weighted by molar-refractivity contribution is 0.541. The Morgan fingerprint density at radius 3 is 2.76 bits per heavy atom. The normalized spacial score (nSPS) is 12.9. The summed E-state index contributed by atoms with van der Waals surface area (Å²) in [6.07, 6.45) is 1.98. The Bertz CT molecular complexity index is 770. The van der Waals surface area contributed by atoms with Crippen molar-refractivity contribution in [3.05, 3.63) is 45.9 Å². The predicted octanol–water partition coefficient (Wildman–Crippen LogP) is 4.35. The Morgan fingerprint density at radius 2 is 2.10 bits per heavy atom. The van der Waals surface area contributed by atoms with E-state index >= 15 is 0 Å². The molecule has 4 heteroatoms. The second kappa shape index (κ2) is 5.53. The van der Waals surface area contributed by atoms with Crippen LogP contribution in [0, 0.1) is 6.92 Å². The monoisotopic (exact) mass is 299 g/mol. The van der Waals surface area contributed by atoms with Crippen LogP contribution in [0.5, 0.6) is 0 Å². The van der Waals surface area contributed by atoms with Crippen LogP contribution in [0.25, 0.3) is 11.0 Å². The van der Waals surface area contributed by atoms with E-state index in [0.29, 0.717) is 6.04 Å². The average Bonchev–Trinajstić information content (AvgIpc) is 3.01.